The number of nitrogens with two attached hydrogens (primary N) is 1. The summed E-state index contributed by atoms with van der Waals surface area (Å²) in [5.41, 5.74) is 7.26. The molecule has 32 heavy (non-hydrogen) atoms. The molecule has 0 spiro atoms. The van der Waals surface area contributed by atoms with E-state index in [0.717, 1.165) is 43.3 Å². The summed E-state index contributed by atoms with van der Waals surface area (Å²) in [7, 11) is 0. The summed E-state index contributed by atoms with van der Waals surface area (Å²) < 4.78 is 7.65. The van der Waals surface area contributed by atoms with Crippen molar-refractivity contribution >= 4 is 22.7 Å². The fourth-order valence-electron chi connectivity index (χ4n) is 5.81. The van der Waals surface area contributed by atoms with Gasteiger partial charge in [-0.15, -0.1) is 0 Å². The van der Waals surface area contributed by atoms with Crippen LogP contribution in [0.1, 0.15) is 59.4 Å². The van der Waals surface area contributed by atoms with Gasteiger partial charge in [-0.25, -0.2) is 4.79 Å². The van der Waals surface area contributed by atoms with E-state index in [9.17, 15) is 9.90 Å². The molecular weight excluding hydrogens is 406 g/mol. The van der Waals surface area contributed by atoms with Gasteiger partial charge in [0, 0.05) is 54.6 Å². The molecule has 3 aliphatic carbocycles. The molecule has 2 heterocycles. The highest BCUT2D eigenvalue weighted by molar-refractivity contribution is 5.84. The predicted molar refractivity (Wildman–Crippen MR) is 123 cm³/mol. The van der Waals surface area contributed by atoms with Crippen molar-refractivity contribution in [3.05, 3.63) is 23.9 Å². The first-order chi connectivity index (χ1) is 14.8. The van der Waals surface area contributed by atoms with E-state index < -0.39 is 11.2 Å². The highest BCUT2D eigenvalue weighted by Gasteiger charge is 2.71. The Balaban J connectivity index is 1.24. The van der Waals surface area contributed by atoms with Crippen LogP contribution in [0.3, 0.4) is 0 Å². The number of ether oxygens (including phenoxy) is 1. The van der Waals surface area contributed by atoms with Crippen LogP contribution in [0.4, 0.5) is 10.5 Å². The van der Waals surface area contributed by atoms with E-state index >= 15 is 0 Å². The van der Waals surface area contributed by atoms with Crippen molar-refractivity contribution in [2.75, 3.05) is 31.9 Å². The summed E-state index contributed by atoms with van der Waals surface area (Å²) in [5, 5.41) is 16.3. The van der Waals surface area contributed by atoms with Crippen LogP contribution in [0.25, 0.3) is 10.9 Å². The number of carbonyl (C=O) groups is 1. The zero-order valence-electron chi connectivity index (χ0n) is 19.8. The number of anilines is 1. The van der Waals surface area contributed by atoms with Gasteiger partial charge in [-0.2, -0.15) is 5.10 Å². The van der Waals surface area contributed by atoms with Crippen molar-refractivity contribution in [3.8, 4) is 0 Å². The monoisotopic (exact) mass is 441 g/mol. The largest absolute Gasteiger partial charge is 0.444 e. The lowest BCUT2D eigenvalue weighted by Gasteiger charge is -2.74. The summed E-state index contributed by atoms with van der Waals surface area (Å²) in [6.45, 7) is 12.4. The van der Waals surface area contributed by atoms with Crippen molar-refractivity contribution in [1.82, 2.24) is 19.6 Å². The zero-order chi connectivity index (χ0) is 23.1. The Kier molecular flexibility index (Phi) is 4.44. The van der Waals surface area contributed by atoms with Crippen LogP contribution >= 0.6 is 0 Å². The number of piperazine rings is 1. The van der Waals surface area contributed by atoms with E-state index in [1.54, 1.807) is 13.8 Å². The molecule has 8 heteroatoms. The van der Waals surface area contributed by atoms with E-state index in [2.05, 4.69) is 15.8 Å². The van der Waals surface area contributed by atoms with Gasteiger partial charge in [0.05, 0.1) is 16.7 Å². The van der Waals surface area contributed by atoms with Crippen molar-refractivity contribution in [2.45, 2.75) is 76.2 Å². The molecule has 4 fully saturated rings. The number of aliphatic hydroxyl groups is 1. The molecule has 6 rings (SSSR count). The number of carbonyl (C=O) groups excluding carboxylic acids is 1. The third-order valence-electron chi connectivity index (χ3n) is 7.40. The molecule has 3 saturated carbocycles. The van der Waals surface area contributed by atoms with E-state index in [1.807, 2.05) is 37.8 Å². The minimum atomic E-state index is -0.996. The first-order valence-corrected chi connectivity index (χ1v) is 11.6. The number of fused-ring (bicyclic) bond motifs is 1. The van der Waals surface area contributed by atoms with Gasteiger partial charge in [0.25, 0.3) is 0 Å². The Labute approximate surface area is 189 Å². The van der Waals surface area contributed by atoms with E-state index in [4.69, 9.17) is 15.6 Å². The molecule has 0 radical (unpaired) electrons. The normalized spacial score (nSPS) is 28.4. The van der Waals surface area contributed by atoms with E-state index in [-0.39, 0.29) is 17.2 Å². The molecule has 2 bridgehead atoms. The van der Waals surface area contributed by atoms with Gasteiger partial charge in [-0.05, 0) is 66.0 Å². The maximum Gasteiger partial charge on any atom is 0.410 e. The van der Waals surface area contributed by atoms with Crippen molar-refractivity contribution in [1.29, 1.82) is 0 Å². The lowest BCUT2D eigenvalue weighted by molar-refractivity contribution is -0.216. The molecule has 1 aromatic carbocycles. The highest BCUT2D eigenvalue weighted by Crippen LogP contribution is 2.68. The average Bonchev–Trinajstić information content (AvgIpc) is 2.99. The number of hydrogen-bond donors (Lipinski definition) is 2. The lowest BCUT2D eigenvalue weighted by Crippen LogP contribution is -2.80. The third-order valence-corrected chi connectivity index (χ3v) is 7.40. The van der Waals surface area contributed by atoms with Gasteiger partial charge >= 0.3 is 6.09 Å². The summed E-state index contributed by atoms with van der Waals surface area (Å²) in [4.78, 5) is 16.7. The van der Waals surface area contributed by atoms with Crippen molar-refractivity contribution in [2.24, 2.45) is 0 Å². The molecule has 3 N–H and O–H groups in total. The molecule has 1 aromatic heterocycles. The summed E-state index contributed by atoms with van der Waals surface area (Å²) >= 11 is 0. The second kappa shape index (κ2) is 6.60. The summed E-state index contributed by atoms with van der Waals surface area (Å²) in [6.07, 6.45) is 5.17. The van der Waals surface area contributed by atoms with E-state index in [0.29, 0.717) is 24.3 Å². The quantitative estimate of drug-likeness (QED) is 0.711. The van der Waals surface area contributed by atoms with Crippen LogP contribution in [0, 0.1) is 0 Å². The Bertz CT molecular complexity index is 1050. The smallest absolute Gasteiger partial charge is 0.410 e. The fourth-order valence-corrected chi connectivity index (χ4v) is 5.81. The van der Waals surface area contributed by atoms with Crippen LogP contribution in [0.2, 0.25) is 0 Å². The second-order valence-corrected chi connectivity index (χ2v) is 11.6. The SMILES string of the molecule is CC(C)(C)OC(=O)N1CCN(C23CC(n4cc5cc(N)c(C(C)(C)O)cc5n4)(C2)C3)CC1. The standard InChI is InChI=1S/C24H35N5O3/c1-21(2,3)32-20(30)27-6-8-28(9-7-27)23-13-24(14-23,15-23)29-12-16-10-18(25)17(22(4,5)31)11-19(16)26-29/h10-12,31H,6-9,13-15,25H2,1-5H3. The zero-order valence-corrected chi connectivity index (χ0v) is 19.8. The molecule has 8 nitrogen and oxygen atoms in total. The maximum atomic E-state index is 12.3. The van der Waals surface area contributed by atoms with Gasteiger partial charge in [0.2, 0.25) is 0 Å². The minimum Gasteiger partial charge on any atom is -0.444 e. The Morgan fingerprint density at radius 2 is 1.69 bits per heavy atom. The number of nitrogen functional groups attached to an aromatic ring is 1. The molecule has 1 saturated heterocycles. The first kappa shape index (κ1) is 21.5. The van der Waals surface area contributed by atoms with Crippen LogP contribution in [0.15, 0.2) is 18.3 Å². The highest BCUT2D eigenvalue weighted by atomic mass is 16.6. The van der Waals surface area contributed by atoms with Crippen molar-refractivity contribution in [3.63, 3.8) is 0 Å². The van der Waals surface area contributed by atoms with Crippen LogP contribution in [-0.2, 0) is 15.9 Å². The van der Waals surface area contributed by atoms with Gasteiger partial charge in [-0.3, -0.25) is 9.58 Å². The number of aromatic nitrogens is 2. The molecule has 174 valence electrons. The van der Waals surface area contributed by atoms with Crippen molar-refractivity contribution < 1.29 is 14.6 Å². The molecule has 0 atom stereocenters. The number of hydrogen-bond acceptors (Lipinski definition) is 6. The first-order valence-electron chi connectivity index (χ1n) is 11.6. The maximum absolute atomic E-state index is 12.3. The molecule has 1 aliphatic heterocycles. The van der Waals surface area contributed by atoms with E-state index in [1.165, 1.54) is 0 Å². The minimum absolute atomic E-state index is 0.0883. The van der Waals surface area contributed by atoms with Gasteiger partial charge in [0.1, 0.15) is 5.60 Å². The van der Waals surface area contributed by atoms with Gasteiger partial charge < -0.3 is 20.5 Å². The predicted octanol–water partition coefficient (Wildman–Crippen LogP) is 3.03. The summed E-state index contributed by atoms with van der Waals surface area (Å²) in [5.74, 6) is 0. The average molecular weight is 442 g/mol. The Morgan fingerprint density at radius 1 is 1.06 bits per heavy atom. The lowest BCUT2D eigenvalue weighted by atomic mass is 9.43. The number of amides is 1. The van der Waals surface area contributed by atoms with Gasteiger partial charge in [-0.1, -0.05) is 0 Å². The number of rotatable bonds is 3. The fraction of sp³-hybridized carbons (Fsp3) is 0.667. The molecule has 2 aromatic rings. The summed E-state index contributed by atoms with van der Waals surface area (Å²) in [6, 6.07) is 3.83. The van der Waals surface area contributed by atoms with Gasteiger partial charge in [0.15, 0.2) is 0 Å². The van der Waals surface area contributed by atoms with Crippen LogP contribution in [-0.4, -0.2) is 68.1 Å². The number of nitrogens with zero attached hydrogens (tertiary/aromatic N) is 4. The molecule has 0 unspecified atom stereocenters. The Hall–Kier alpha value is -2.32. The Morgan fingerprint density at radius 3 is 2.25 bits per heavy atom. The molecule has 4 aliphatic rings. The molecular formula is C24H35N5O3. The third kappa shape index (κ3) is 3.35. The van der Waals surface area contributed by atoms with Crippen LogP contribution in [0.5, 0.6) is 0 Å². The van der Waals surface area contributed by atoms with Crippen LogP contribution < -0.4 is 5.73 Å². The number of benzene rings is 1. The topological polar surface area (TPSA) is 96.9 Å². The molecule has 1 amide bonds. The second-order valence-electron chi connectivity index (χ2n) is 11.6.